The molecule has 0 spiro atoms. The van der Waals surface area contributed by atoms with E-state index in [4.69, 9.17) is 0 Å². The summed E-state index contributed by atoms with van der Waals surface area (Å²) in [5.41, 5.74) is 0. The molecule has 3 nitrogen and oxygen atoms in total. The Balaban J connectivity index is 4.03. The molecule has 0 N–H and O–H groups in total. The average Bonchev–Trinajstić information content (AvgIpc) is 2.31. The molecule has 0 bridgehead atoms. The molecule has 0 aliphatic carbocycles. The molecule has 0 amide bonds. The molecule has 0 aromatic carbocycles. The Morgan fingerprint density at radius 2 is 1.53 bits per heavy atom. The predicted octanol–water partition coefficient (Wildman–Crippen LogP) is 2.52. The molecule has 3 heteroatoms. The van der Waals surface area contributed by atoms with Crippen molar-refractivity contribution in [3.05, 3.63) is 0 Å². The first-order valence-corrected chi connectivity index (χ1v) is 7.88. The quantitative estimate of drug-likeness (QED) is 0.564. The van der Waals surface area contributed by atoms with Gasteiger partial charge in [-0.2, -0.15) is 0 Å². The van der Waals surface area contributed by atoms with Gasteiger partial charge in [0.2, 0.25) is 0 Å². The van der Waals surface area contributed by atoms with Gasteiger partial charge in [-0.05, 0) is 54.4 Å². The SMILES string of the molecule is CCC(CCCN(C)CCN(C)C)[N+](C)(C)C(C)C. The van der Waals surface area contributed by atoms with E-state index in [0.717, 1.165) is 17.1 Å². The summed E-state index contributed by atoms with van der Waals surface area (Å²) in [4.78, 5) is 4.71. The van der Waals surface area contributed by atoms with E-state index < -0.39 is 0 Å². The van der Waals surface area contributed by atoms with Gasteiger partial charge in [-0.15, -0.1) is 0 Å². The molecule has 0 fully saturated rings. The smallest absolute Gasteiger partial charge is 0.0885 e. The third-order valence-corrected chi connectivity index (χ3v) is 4.75. The van der Waals surface area contributed by atoms with Crippen LogP contribution < -0.4 is 0 Å². The van der Waals surface area contributed by atoms with Crippen molar-refractivity contribution in [2.24, 2.45) is 0 Å². The van der Waals surface area contributed by atoms with Gasteiger partial charge in [-0.1, -0.05) is 6.92 Å². The molecule has 0 heterocycles. The van der Waals surface area contributed by atoms with E-state index >= 15 is 0 Å². The van der Waals surface area contributed by atoms with Crippen molar-refractivity contribution in [1.82, 2.24) is 9.80 Å². The van der Waals surface area contributed by atoms with Gasteiger partial charge in [0.25, 0.3) is 0 Å². The second-order valence-electron chi connectivity index (χ2n) is 7.03. The molecular weight excluding hydrogens is 234 g/mol. The standard InChI is InChI=1S/C16H38N3/c1-9-16(19(7,8)15(2)3)11-10-12-18(6)14-13-17(4)5/h15-16H,9-14H2,1-8H3/q+1. The predicted molar refractivity (Wildman–Crippen MR) is 86.6 cm³/mol. The Labute approximate surface area is 122 Å². The topological polar surface area (TPSA) is 6.48 Å². The lowest BCUT2D eigenvalue weighted by Gasteiger charge is -2.41. The minimum Gasteiger partial charge on any atom is -0.324 e. The number of nitrogens with zero attached hydrogens (tertiary/aromatic N) is 3. The number of quaternary nitrogens is 1. The zero-order valence-corrected chi connectivity index (χ0v) is 14.7. The van der Waals surface area contributed by atoms with Crippen LogP contribution in [0.3, 0.4) is 0 Å². The molecule has 0 aromatic rings. The van der Waals surface area contributed by atoms with Gasteiger partial charge in [0.05, 0.1) is 26.2 Å². The third-order valence-electron chi connectivity index (χ3n) is 4.75. The lowest BCUT2D eigenvalue weighted by atomic mass is 10.0. The Kier molecular flexibility index (Phi) is 8.88. The van der Waals surface area contributed by atoms with Crippen molar-refractivity contribution >= 4 is 0 Å². The summed E-state index contributed by atoms with van der Waals surface area (Å²) < 4.78 is 1.15. The molecule has 19 heavy (non-hydrogen) atoms. The van der Waals surface area contributed by atoms with Gasteiger partial charge in [0, 0.05) is 19.5 Å². The zero-order chi connectivity index (χ0) is 15.1. The zero-order valence-electron chi connectivity index (χ0n) is 14.7. The van der Waals surface area contributed by atoms with E-state index in [9.17, 15) is 0 Å². The molecule has 0 radical (unpaired) electrons. The highest BCUT2D eigenvalue weighted by Gasteiger charge is 2.29. The van der Waals surface area contributed by atoms with Crippen molar-refractivity contribution in [3.8, 4) is 0 Å². The van der Waals surface area contributed by atoms with Crippen molar-refractivity contribution in [2.75, 3.05) is 54.9 Å². The van der Waals surface area contributed by atoms with E-state index in [1.165, 1.54) is 32.4 Å². The summed E-state index contributed by atoms with van der Waals surface area (Å²) in [5, 5.41) is 0. The van der Waals surface area contributed by atoms with Crippen LogP contribution in [0.2, 0.25) is 0 Å². The minimum atomic E-state index is 0.705. The van der Waals surface area contributed by atoms with Crippen molar-refractivity contribution in [3.63, 3.8) is 0 Å². The summed E-state index contributed by atoms with van der Waals surface area (Å²) in [6.45, 7) is 10.6. The third kappa shape index (κ3) is 7.28. The molecule has 0 saturated carbocycles. The Bertz CT molecular complexity index is 224. The minimum absolute atomic E-state index is 0.705. The van der Waals surface area contributed by atoms with E-state index in [1.54, 1.807) is 0 Å². The first kappa shape index (κ1) is 18.9. The highest BCUT2D eigenvalue weighted by atomic mass is 15.3. The fourth-order valence-corrected chi connectivity index (χ4v) is 2.51. The number of rotatable bonds is 10. The molecule has 0 saturated heterocycles. The van der Waals surface area contributed by atoms with Crippen LogP contribution in [0.4, 0.5) is 0 Å². The number of hydrogen-bond acceptors (Lipinski definition) is 2. The first-order valence-electron chi connectivity index (χ1n) is 7.88. The normalized spacial score (nSPS) is 14.7. The van der Waals surface area contributed by atoms with Crippen LogP contribution >= 0.6 is 0 Å². The van der Waals surface area contributed by atoms with Crippen molar-refractivity contribution in [2.45, 2.75) is 52.1 Å². The molecule has 0 aromatic heterocycles. The molecule has 1 atom stereocenters. The van der Waals surface area contributed by atoms with Crippen LogP contribution in [0.1, 0.15) is 40.0 Å². The largest absolute Gasteiger partial charge is 0.324 e. The molecule has 1 unspecified atom stereocenters. The number of likely N-dealkylation sites (N-methyl/N-ethyl adjacent to an activating group) is 2. The average molecular weight is 273 g/mol. The Morgan fingerprint density at radius 3 is 1.95 bits per heavy atom. The molecule has 0 rings (SSSR count). The second kappa shape index (κ2) is 8.93. The van der Waals surface area contributed by atoms with Gasteiger partial charge in [-0.25, -0.2) is 0 Å². The second-order valence-corrected chi connectivity index (χ2v) is 7.03. The fraction of sp³-hybridized carbons (Fsp3) is 1.00. The van der Waals surface area contributed by atoms with Gasteiger partial charge < -0.3 is 14.3 Å². The lowest BCUT2D eigenvalue weighted by Crippen LogP contribution is -2.53. The van der Waals surface area contributed by atoms with E-state index in [2.05, 4.69) is 65.8 Å². The van der Waals surface area contributed by atoms with Crippen LogP contribution in [0, 0.1) is 0 Å². The highest BCUT2D eigenvalue weighted by molar-refractivity contribution is 4.62. The summed E-state index contributed by atoms with van der Waals surface area (Å²) in [6.07, 6.45) is 3.94. The van der Waals surface area contributed by atoms with Gasteiger partial charge in [0.15, 0.2) is 0 Å². The highest BCUT2D eigenvalue weighted by Crippen LogP contribution is 2.20. The van der Waals surface area contributed by atoms with Crippen LogP contribution in [0.5, 0.6) is 0 Å². The summed E-state index contributed by atoms with van der Waals surface area (Å²) in [5.74, 6) is 0. The fourth-order valence-electron chi connectivity index (χ4n) is 2.51. The molecule has 0 aliphatic heterocycles. The number of hydrogen-bond donors (Lipinski definition) is 0. The molecular formula is C16H38N3+. The maximum Gasteiger partial charge on any atom is 0.0885 e. The lowest BCUT2D eigenvalue weighted by molar-refractivity contribution is -0.935. The van der Waals surface area contributed by atoms with Crippen LogP contribution in [-0.4, -0.2) is 81.2 Å². The van der Waals surface area contributed by atoms with E-state index in [1.807, 2.05) is 0 Å². The van der Waals surface area contributed by atoms with Crippen LogP contribution in [0.25, 0.3) is 0 Å². The van der Waals surface area contributed by atoms with Crippen LogP contribution in [0.15, 0.2) is 0 Å². The van der Waals surface area contributed by atoms with Crippen LogP contribution in [-0.2, 0) is 0 Å². The van der Waals surface area contributed by atoms with Gasteiger partial charge in [0.1, 0.15) is 0 Å². The monoisotopic (exact) mass is 272 g/mol. The van der Waals surface area contributed by atoms with Crippen molar-refractivity contribution < 1.29 is 4.48 Å². The molecule has 0 aliphatic rings. The summed E-state index contributed by atoms with van der Waals surface area (Å²) in [7, 11) is 11.3. The Hall–Kier alpha value is -0.120. The molecule has 116 valence electrons. The summed E-state index contributed by atoms with van der Waals surface area (Å²) >= 11 is 0. The first-order chi connectivity index (χ1) is 8.71. The van der Waals surface area contributed by atoms with Crippen molar-refractivity contribution in [1.29, 1.82) is 0 Å². The van der Waals surface area contributed by atoms with E-state index in [0.29, 0.717) is 6.04 Å². The summed E-state index contributed by atoms with van der Waals surface area (Å²) in [6, 6.07) is 1.50. The maximum atomic E-state index is 2.46. The maximum absolute atomic E-state index is 2.46. The van der Waals surface area contributed by atoms with Gasteiger partial charge in [-0.3, -0.25) is 0 Å². The van der Waals surface area contributed by atoms with Gasteiger partial charge >= 0.3 is 0 Å². The Morgan fingerprint density at radius 1 is 0.947 bits per heavy atom. The van der Waals surface area contributed by atoms with E-state index in [-0.39, 0.29) is 0 Å².